The third kappa shape index (κ3) is 7.51. The summed E-state index contributed by atoms with van der Waals surface area (Å²) in [7, 11) is -2.85. The van der Waals surface area contributed by atoms with Crippen molar-refractivity contribution >= 4 is 25.3 Å². The Bertz CT molecular complexity index is 1120. The number of ether oxygens (including phenoxy) is 5. The van der Waals surface area contributed by atoms with E-state index >= 15 is 0 Å². The summed E-state index contributed by atoms with van der Waals surface area (Å²) in [6.07, 6.45) is -3.76. The summed E-state index contributed by atoms with van der Waals surface area (Å²) < 4.78 is 48.6. The van der Waals surface area contributed by atoms with Crippen LogP contribution in [0.5, 0.6) is 0 Å². The van der Waals surface area contributed by atoms with E-state index in [0.29, 0.717) is 0 Å². The van der Waals surface area contributed by atoms with Crippen molar-refractivity contribution in [3.05, 3.63) is 71.8 Å². The van der Waals surface area contributed by atoms with Gasteiger partial charge < -0.3 is 28.2 Å². The van der Waals surface area contributed by atoms with Crippen LogP contribution in [-0.2, 0) is 60.4 Å². The molecule has 0 aromatic heterocycles. The molecule has 0 spiro atoms. The van der Waals surface area contributed by atoms with Crippen molar-refractivity contribution in [1.29, 1.82) is 0 Å². The highest BCUT2D eigenvalue weighted by Gasteiger charge is 2.63. The van der Waals surface area contributed by atoms with Crippen LogP contribution in [0.1, 0.15) is 31.9 Å². The Morgan fingerprint density at radius 1 is 0.711 bits per heavy atom. The van der Waals surface area contributed by atoms with E-state index in [1.807, 2.05) is 60.7 Å². The lowest BCUT2D eigenvalue weighted by Gasteiger charge is -2.47. The number of benzene rings is 2. The standard InChI is InChI=1S/C27H33O10P/c1-18(28)35-24-23(17-33-15-21-11-7-5-8-12-21)38(31,32-4)27(37-20(3)30)26(36-19(2)29)25(24)34-16-22-13-9-6-10-14-22/h5-14,23-27H,15-17H2,1-4H3/t23-,24-,25+,26-,27-,38+/m1/s1. The molecule has 2 aromatic carbocycles. The van der Waals surface area contributed by atoms with Crippen LogP contribution in [0, 0.1) is 0 Å². The van der Waals surface area contributed by atoms with E-state index in [1.165, 1.54) is 14.0 Å². The topological polar surface area (TPSA) is 124 Å². The molecule has 0 aliphatic carbocycles. The molecule has 206 valence electrons. The first-order valence-corrected chi connectivity index (χ1v) is 13.9. The molecule has 10 nitrogen and oxygen atoms in total. The first-order valence-electron chi connectivity index (χ1n) is 12.1. The second-order valence-corrected chi connectivity index (χ2v) is 11.6. The fourth-order valence-electron chi connectivity index (χ4n) is 4.40. The van der Waals surface area contributed by atoms with Crippen molar-refractivity contribution in [1.82, 2.24) is 0 Å². The number of esters is 3. The second-order valence-electron chi connectivity index (χ2n) is 8.81. The Labute approximate surface area is 221 Å². The van der Waals surface area contributed by atoms with Crippen LogP contribution < -0.4 is 0 Å². The number of carbonyl (C=O) groups excluding carboxylic acids is 3. The van der Waals surface area contributed by atoms with Crippen LogP contribution >= 0.6 is 7.37 Å². The second kappa shape index (κ2) is 13.7. The lowest BCUT2D eigenvalue weighted by atomic mass is 10.0. The number of hydrogen-bond donors (Lipinski definition) is 0. The van der Waals surface area contributed by atoms with Gasteiger partial charge in [-0.1, -0.05) is 60.7 Å². The maximum absolute atomic E-state index is 14.4. The van der Waals surface area contributed by atoms with Crippen LogP contribution in [-0.4, -0.2) is 61.4 Å². The minimum absolute atomic E-state index is 0.0443. The van der Waals surface area contributed by atoms with Gasteiger partial charge in [0.1, 0.15) is 17.9 Å². The lowest BCUT2D eigenvalue weighted by Crippen LogP contribution is -2.61. The average Bonchev–Trinajstić information content (AvgIpc) is 2.88. The molecule has 2 aromatic rings. The van der Waals surface area contributed by atoms with Gasteiger partial charge in [0.2, 0.25) is 5.85 Å². The van der Waals surface area contributed by atoms with Gasteiger partial charge in [0.15, 0.2) is 6.10 Å². The average molecular weight is 549 g/mol. The minimum Gasteiger partial charge on any atom is -0.459 e. The van der Waals surface area contributed by atoms with Gasteiger partial charge in [-0.3, -0.25) is 18.9 Å². The van der Waals surface area contributed by atoms with Gasteiger partial charge in [0.25, 0.3) is 7.37 Å². The van der Waals surface area contributed by atoms with Crippen molar-refractivity contribution < 1.29 is 47.2 Å². The quantitative estimate of drug-likeness (QED) is 0.232. The Morgan fingerprint density at radius 3 is 1.71 bits per heavy atom. The van der Waals surface area contributed by atoms with E-state index in [0.717, 1.165) is 25.0 Å². The normalized spacial score (nSPS) is 26.8. The van der Waals surface area contributed by atoms with E-state index in [4.69, 9.17) is 28.2 Å². The van der Waals surface area contributed by atoms with Crippen LogP contribution in [0.4, 0.5) is 0 Å². The van der Waals surface area contributed by atoms with Gasteiger partial charge in [-0.05, 0) is 11.1 Å². The molecule has 38 heavy (non-hydrogen) atoms. The summed E-state index contributed by atoms with van der Waals surface area (Å²) in [6, 6.07) is 18.5. The van der Waals surface area contributed by atoms with Crippen molar-refractivity contribution in [2.45, 2.75) is 63.8 Å². The summed E-state index contributed by atoms with van der Waals surface area (Å²) >= 11 is 0. The van der Waals surface area contributed by atoms with Gasteiger partial charge in [0, 0.05) is 27.9 Å². The zero-order chi connectivity index (χ0) is 27.7. The molecule has 1 heterocycles. The van der Waals surface area contributed by atoms with Crippen molar-refractivity contribution in [3.8, 4) is 0 Å². The molecule has 0 saturated carbocycles. The molecule has 1 aliphatic rings. The molecule has 11 heteroatoms. The molecular formula is C27H33O10P. The fraction of sp³-hybridized carbons (Fsp3) is 0.444. The van der Waals surface area contributed by atoms with Gasteiger partial charge in [0.05, 0.1) is 19.8 Å². The largest absolute Gasteiger partial charge is 0.459 e. The summed E-state index contributed by atoms with van der Waals surface area (Å²) in [5.74, 6) is -3.69. The zero-order valence-corrected chi connectivity index (χ0v) is 22.7. The van der Waals surface area contributed by atoms with Gasteiger partial charge in [-0.25, -0.2) is 0 Å². The van der Waals surface area contributed by atoms with Gasteiger partial charge in [-0.15, -0.1) is 0 Å². The molecule has 0 unspecified atom stereocenters. The van der Waals surface area contributed by atoms with Crippen molar-refractivity contribution in [3.63, 3.8) is 0 Å². The van der Waals surface area contributed by atoms with E-state index in [9.17, 15) is 18.9 Å². The summed E-state index contributed by atoms with van der Waals surface area (Å²) in [6.45, 7) is 3.54. The predicted octanol–water partition coefficient (Wildman–Crippen LogP) is 3.85. The highest BCUT2D eigenvalue weighted by Crippen LogP contribution is 2.63. The maximum atomic E-state index is 14.4. The molecular weight excluding hydrogens is 515 g/mol. The molecule has 0 bridgehead atoms. The molecule has 0 amide bonds. The van der Waals surface area contributed by atoms with Gasteiger partial charge in [-0.2, -0.15) is 0 Å². The molecule has 0 radical (unpaired) electrons. The van der Waals surface area contributed by atoms with Gasteiger partial charge >= 0.3 is 17.9 Å². The highest BCUT2D eigenvalue weighted by atomic mass is 31.2. The first kappa shape index (κ1) is 29.5. The molecule has 6 atom stereocenters. The zero-order valence-electron chi connectivity index (χ0n) is 21.8. The SMILES string of the molecule is CO[P@@]1(=O)[C@H](COCc2ccccc2)[C@@H](OC(C)=O)[C@H](OCc2ccccc2)[C@@H](OC(C)=O)[C@@H]1OC(C)=O. The lowest BCUT2D eigenvalue weighted by molar-refractivity contribution is -0.196. The Morgan fingerprint density at radius 2 is 1.21 bits per heavy atom. The van der Waals surface area contributed by atoms with E-state index in [2.05, 4.69) is 0 Å². The van der Waals surface area contributed by atoms with E-state index in [1.54, 1.807) is 0 Å². The van der Waals surface area contributed by atoms with Crippen molar-refractivity contribution in [2.24, 2.45) is 0 Å². The van der Waals surface area contributed by atoms with Crippen LogP contribution in [0.25, 0.3) is 0 Å². The Hall–Kier alpha value is -3.04. The summed E-state index contributed by atoms with van der Waals surface area (Å²) in [5, 5.41) is 0. The number of rotatable bonds is 11. The van der Waals surface area contributed by atoms with E-state index < -0.39 is 55.1 Å². The number of carbonyl (C=O) groups is 3. The third-order valence-electron chi connectivity index (χ3n) is 5.99. The highest BCUT2D eigenvalue weighted by molar-refractivity contribution is 7.60. The maximum Gasteiger partial charge on any atom is 0.303 e. The summed E-state index contributed by atoms with van der Waals surface area (Å²) in [4.78, 5) is 36.4. The summed E-state index contributed by atoms with van der Waals surface area (Å²) in [5.41, 5.74) is 0.555. The fourth-order valence-corrected chi connectivity index (χ4v) is 7.14. The number of hydrogen-bond acceptors (Lipinski definition) is 10. The molecule has 1 fully saturated rings. The van der Waals surface area contributed by atoms with Crippen molar-refractivity contribution in [2.75, 3.05) is 13.7 Å². The van der Waals surface area contributed by atoms with Crippen LogP contribution in [0.3, 0.4) is 0 Å². The van der Waals surface area contributed by atoms with E-state index in [-0.39, 0.29) is 19.8 Å². The predicted molar refractivity (Wildman–Crippen MR) is 136 cm³/mol. The molecule has 1 aliphatic heterocycles. The minimum atomic E-state index is -4.05. The molecule has 1 saturated heterocycles. The molecule has 0 N–H and O–H groups in total. The third-order valence-corrected chi connectivity index (χ3v) is 9.03. The van der Waals surface area contributed by atoms with Crippen LogP contribution in [0.2, 0.25) is 0 Å². The molecule has 3 rings (SSSR count). The Balaban J connectivity index is 2.03. The smallest absolute Gasteiger partial charge is 0.303 e. The Kier molecular flexibility index (Phi) is 10.6. The first-order chi connectivity index (χ1) is 18.2. The van der Waals surface area contributed by atoms with Crippen LogP contribution in [0.15, 0.2) is 60.7 Å². The monoisotopic (exact) mass is 548 g/mol.